The highest BCUT2D eigenvalue weighted by Gasteiger charge is 2.21. The van der Waals surface area contributed by atoms with E-state index in [1.54, 1.807) is 0 Å². The smallest absolute Gasteiger partial charge is 0.0541 e. The van der Waals surface area contributed by atoms with Gasteiger partial charge in [-0.2, -0.15) is 0 Å². The van der Waals surface area contributed by atoms with Crippen molar-refractivity contribution < 1.29 is 5.11 Å². The molecule has 1 aliphatic carbocycles. The SMILES string of the molecule is CC(NC1CCC(O)CC1)c1ccc(N2CCCCCC2)cc1. The van der Waals surface area contributed by atoms with Gasteiger partial charge in [0.25, 0.3) is 0 Å². The first-order chi connectivity index (χ1) is 11.2. The predicted molar refractivity (Wildman–Crippen MR) is 96.9 cm³/mol. The molecule has 1 atom stereocenters. The summed E-state index contributed by atoms with van der Waals surface area (Å²) in [4.78, 5) is 2.54. The predicted octanol–water partition coefficient (Wildman–Crippen LogP) is 4.02. The lowest BCUT2D eigenvalue weighted by molar-refractivity contribution is 0.114. The summed E-state index contributed by atoms with van der Waals surface area (Å²) in [5.74, 6) is 0. The summed E-state index contributed by atoms with van der Waals surface area (Å²) in [5, 5.41) is 13.4. The molecule has 128 valence electrons. The van der Waals surface area contributed by atoms with Crippen molar-refractivity contribution in [2.45, 2.75) is 76.5 Å². The van der Waals surface area contributed by atoms with E-state index in [4.69, 9.17) is 0 Å². The second-order valence-electron chi connectivity index (χ2n) is 7.39. The number of hydrogen-bond acceptors (Lipinski definition) is 3. The van der Waals surface area contributed by atoms with Gasteiger partial charge in [0.1, 0.15) is 0 Å². The van der Waals surface area contributed by atoms with Gasteiger partial charge in [0, 0.05) is 30.9 Å². The molecule has 1 saturated carbocycles. The van der Waals surface area contributed by atoms with E-state index in [9.17, 15) is 5.11 Å². The van der Waals surface area contributed by atoms with Crippen molar-refractivity contribution in [2.75, 3.05) is 18.0 Å². The first-order valence-electron chi connectivity index (χ1n) is 9.51. The second-order valence-corrected chi connectivity index (χ2v) is 7.39. The highest BCUT2D eigenvalue weighted by Crippen LogP contribution is 2.24. The fourth-order valence-corrected chi connectivity index (χ4v) is 3.99. The monoisotopic (exact) mass is 316 g/mol. The van der Waals surface area contributed by atoms with E-state index >= 15 is 0 Å². The zero-order valence-electron chi connectivity index (χ0n) is 14.5. The highest BCUT2D eigenvalue weighted by atomic mass is 16.3. The maximum Gasteiger partial charge on any atom is 0.0541 e. The van der Waals surface area contributed by atoms with Crippen LogP contribution < -0.4 is 10.2 Å². The quantitative estimate of drug-likeness (QED) is 0.880. The molecule has 1 saturated heterocycles. The lowest BCUT2D eigenvalue weighted by Gasteiger charge is -2.29. The van der Waals surface area contributed by atoms with Gasteiger partial charge >= 0.3 is 0 Å². The molecule has 0 amide bonds. The third-order valence-electron chi connectivity index (χ3n) is 5.55. The molecule has 0 bridgehead atoms. The van der Waals surface area contributed by atoms with E-state index in [0.29, 0.717) is 12.1 Å². The Balaban J connectivity index is 1.55. The minimum atomic E-state index is -0.0729. The zero-order valence-corrected chi connectivity index (χ0v) is 14.5. The van der Waals surface area contributed by atoms with E-state index in [2.05, 4.69) is 41.4 Å². The number of anilines is 1. The fourth-order valence-electron chi connectivity index (χ4n) is 3.99. The average Bonchev–Trinajstić information content (AvgIpc) is 2.86. The number of nitrogens with zero attached hydrogens (tertiary/aromatic N) is 1. The van der Waals surface area contributed by atoms with Crippen molar-refractivity contribution in [3.8, 4) is 0 Å². The van der Waals surface area contributed by atoms with Crippen LogP contribution in [-0.2, 0) is 0 Å². The molecule has 0 spiro atoms. The topological polar surface area (TPSA) is 35.5 Å². The van der Waals surface area contributed by atoms with Crippen LogP contribution in [0.1, 0.15) is 69.9 Å². The Morgan fingerprint density at radius 2 is 1.57 bits per heavy atom. The largest absolute Gasteiger partial charge is 0.393 e. The summed E-state index contributed by atoms with van der Waals surface area (Å²) in [5.41, 5.74) is 2.75. The van der Waals surface area contributed by atoms with Gasteiger partial charge in [0.15, 0.2) is 0 Å². The summed E-state index contributed by atoms with van der Waals surface area (Å²) >= 11 is 0. The first kappa shape index (κ1) is 16.8. The van der Waals surface area contributed by atoms with Gasteiger partial charge in [-0.05, 0) is 63.1 Å². The Morgan fingerprint density at radius 1 is 0.957 bits per heavy atom. The van der Waals surface area contributed by atoms with E-state index in [0.717, 1.165) is 25.7 Å². The van der Waals surface area contributed by atoms with Gasteiger partial charge in [0.2, 0.25) is 0 Å². The molecule has 2 N–H and O–H groups in total. The Bertz CT molecular complexity index is 457. The molecule has 1 aliphatic heterocycles. The van der Waals surface area contributed by atoms with Gasteiger partial charge in [-0.1, -0.05) is 25.0 Å². The van der Waals surface area contributed by atoms with Gasteiger partial charge in [-0.15, -0.1) is 0 Å². The van der Waals surface area contributed by atoms with Crippen molar-refractivity contribution in [1.29, 1.82) is 0 Å². The molecule has 1 aromatic rings. The van der Waals surface area contributed by atoms with Crippen molar-refractivity contribution in [3.63, 3.8) is 0 Å². The van der Waals surface area contributed by atoms with Crippen LogP contribution in [0.2, 0.25) is 0 Å². The van der Waals surface area contributed by atoms with E-state index in [1.807, 2.05) is 0 Å². The van der Waals surface area contributed by atoms with Crippen LogP contribution in [0, 0.1) is 0 Å². The number of rotatable bonds is 4. The number of benzene rings is 1. The van der Waals surface area contributed by atoms with Crippen LogP contribution in [-0.4, -0.2) is 30.3 Å². The van der Waals surface area contributed by atoms with Gasteiger partial charge in [-0.3, -0.25) is 0 Å². The molecule has 3 heteroatoms. The minimum absolute atomic E-state index is 0.0729. The molecule has 2 aliphatic rings. The summed E-state index contributed by atoms with van der Waals surface area (Å²) in [6.45, 7) is 4.67. The maximum atomic E-state index is 9.62. The standard InChI is InChI=1S/C20H32N2O/c1-16(21-18-8-12-20(23)13-9-18)17-6-10-19(11-7-17)22-14-4-2-3-5-15-22/h6-7,10-11,16,18,20-21,23H,2-5,8-9,12-15H2,1H3. The van der Waals surface area contributed by atoms with Crippen molar-refractivity contribution >= 4 is 5.69 Å². The van der Waals surface area contributed by atoms with Gasteiger partial charge in [0.05, 0.1) is 6.10 Å². The molecule has 23 heavy (non-hydrogen) atoms. The Morgan fingerprint density at radius 3 is 2.17 bits per heavy atom. The molecule has 1 unspecified atom stereocenters. The Kier molecular flexibility index (Phi) is 5.96. The number of aliphatic hydroxyl groups excluding tert-OH is 1. The van der Waals surface area contributed by atoms with E-state index < -0.39 is 0 Å². The minimum Gasteiger partial charge on any atom is -0.393 e. The summed E-state index contributed by atoms with van der Waals surface area (Å²) < 4.78 is 0. The second kappa shape index (κ2) is 8.16. The molecule has 2 fully saturated rings. The first-order valence-corrected chi connectivity index (χ1v) is 9.51. The van der Waals surface area contributed by atoms with Crippen LogP contribution in [0.25, 0.3) is 0 Å². The molecule has 3 rings (SSSR count). The lowest BCUT2D eigenvalue weighted by atomic mass is 9.92. The number of aliphatic hydroxyl groups is 1. The van der Waals surface area contributed by atoms with Crippen LogP contribution in [0.3, 0.4) is 0 Å². The highest BCUT2D eigenvalue weighted by molar-refractivity contribution is 5.48. The van der Waals surface area contributed by atoms with Crippen molar-refractivity contribution in [2.24, 2.45) is 0 Å². The summed E-state index contributed by atoms with van der Waals surface area (Å²) in [6, 6.07) is 10.1. The van der Waals surface area contributed by atoms with Crippen LogP contribution in [0.5, 0.6) is 0 Å². The van der Waals surface area contributed by atoms with Gasteiger partial charge in [-0.25, -0.2) is 0 Å². The van der Waals surface area contributed by atoms with Crippen LogP contribution in [0.4, 0.5) is 5.69 Å². The third kappa shape index (κ3) is 4.71. The third-order valence-corrected chi connectivity index (χ3v) is 5.55. The summed E-state index contributed by atoms with van der Waals surface area (Å²) in [6.07, 6.45) is 9.42. The Hall–Kier alpha value is -1.06. The van der Waals surface area contributed by atoms with Gasteiger partial charge < -0.3 is 15.3 Å². The summed E-state index contributed by atoms with van der Waals surface area (Å²) in [7, 11) is 0. The average molecular weight is 316 g/mol. The fraction of sp³-hybridized carbons (Fsp3) is 0.700. The van der Waals surface area contributed by atoms with Crippen LogP contribution in [0.15, 0.2) is 24.3 Å². The van der Waals surface area contributed by atoms with E-state index in [-0.39, 0.29) is 6.10 Å². The zero-order chi connectivity index (χ0) is 16.1. The number of nitrogens with one attached hydrogen (secondary N) is 1. The molecule has 3 nitrogen and oxygen atoms in total. The molecular weight excluding hydrogens is 284 g/mol. The maximum absolute atomic E-state index is 9.62. The molecular formula is C20H32N2O. The Labute approximate surface area is 141 Å². The van der Waals surface area contributed by atoms with E-state index in [1.165, 1.54) is 50.0 Å². The molecule has 0 aromatic heterocycles. The lowest BCUT2D eigenvalue weighted by Crippen LogP contribution is -2.36. The number of hydrogen-bond donors (Lipinski definition) is 2. The molecule has 1 heterocycles. The van der Waals surface area contributed by atoms with Crippen molar-refractivity contribution in [1.82, 2.24) is 5.32 Å². The van der Waals surface area contributed by atoms with Crippen molar-refractivity contribution in [3.05, 3.63) is 29.8 Å². The molecule has 1 aromatic carbocycles. The van der Waals surface area contributed by atoms with Crippen LogP contribution >= 0.6 is 0 Å². The molecule has 0 radical (unpaired) electrons. The normalized spacial score (nSPS) is 27.5.